The Bertz CT molecular complexity index is 359. The van der Waals surface area contributed by atoms with E-state index in [9.17, 15) is 0 Å². The number of aryl methyl sites for hydroxylation is 1. The van der Waals surface area contributed by atoms with Crippen LogP contribution in [0, 0.1) is 0 Å². The Morgan fingerprint density at radius 3 is 2.72 bits per heavy atom. The monoisotopic (exact) mass is 248 g/mol. The van der Waals surface area contributed by atoms with Crippen molar-refractivity contribution >= 4 is 0 Å². The Labute approximate surface area is 110 Å². The summed E-state index contributed by atoms with van der Waals surface area (Å²) in [5, 5.41) is 0. The minimum absolute atomic E-state index is 0.426. The van der Waals surface area contributed by atoms with Gasteiger partial charge in [-0.2, -0.15) is 0 Å². The molecule has 0 aliphatic carbocycles. The van der Waals surface area contributed by atoms with Crippen molar-refractivity contribution in [2.75, 3.05) is 26.7 Å². The zero-order chi connectivity index (χ0) is 12.8. The molecule has 1 aliphatic rings. The Balaban J connectivity index is 1.75. The molecule has 0 aromatic heterocycles. The van der Waals surface area contributed by atoms with Gasteiger partial charge in [-0.3, -0.25) is 0 Å². The van der Waals surface area contributed by atoms with E-state index in [4.69, 9.17) is 10.5 Å². The number of hydrogen-bond acceptors (Lipinski definition) is 3. The Morgan fingerprint density at radius 1 is 1.28 bits per heavy atom. The molecule has 1 fully saturated rings. The first kappa shape index (κ1) is 13.4. The zero-order valence-corrected chi connectivity index (χ0v) is 11.3. The maximum Gasteiger partial charge on any atom is 0.122 e. The smallest absolute Gasteiger partial charge is 0.122 e. The maximum absolute atomic E-state index is 5.91. The molecule has 1 aromatic carbocycles. The van der Waals surface area contributed by atoms with Crippen LogP contribution in [0.3, 0.4) is 0 Å². The first-order valence-corrected chi connectivity index (χ1v) is 6.89. The summed E-state index contributed by atoms with van der Waals surface area (Å²) in [5.41, 5.74) is 7.22. The number of ether oxygens (including phenoxy) is 1. The number of benzene rings is 1. The number of nitrogens with two attached hydrogens (primary N) is 1. The first-order chi connectivity index (χ1) is 8.79. The molecule has 18 heavy (non-hydrogen) atoms. The van der Waals surface area contributed by atoms with Crippen LogP contribution in [-0.2, 0) is 6.42 Å². The molecule has 1 saturated heterocycles. The third-order valence-electron chi connectivity index (χ3n) is 3.75. The summed E-state index contributed by atoms with van der Waals surface area (Å²) in [7, 11) is 1.74. The van der Waals surface area contributed by atoms with E-state index in [0.29, 0.717) is 6.04 Å². The summed E-state index contributed by atoms with van der Waals surface area (Å²) in [6.07, 6.45) is 4.57. The van der Waals surface area contributed by atoms with Crippen molar-refractivity contribution in [1.82, 2.24) is 4.90 Å². The van der Waals surface area contributed by atoms with Crippen molar-refractivity contribution in [3.05, 3.63) is 29.8 Å². The number of nitrogens with zero attached hydrogens (tertiary/aromatic N) is 1. The quantitative estimate of drug-likeness (QED) is 0.866. The van der Waals surface area contributed by atoms with Crippen molar-refractivity contribution in [3.8, 4) is 5.75 Å². The Hall–Kier alpha value is -1.06. The molecule has 0 spiro atoms. The van der Waals surface area contributed by atoms with E-state index in [0.717, 1.165) is 38.1 Å². The Kier molecular flexibility index (Phi) is 5.02. The van der Waals surface area contributed by atoms with Crippen molar-refractivity contribution < 1.29 is 4.74 Å². The largest absolute Gasteiger partial charge is 0.496 e. The second-order valence-corrected chi connectivity index (χ2v) is 5.09. The third-order valence-corrected chi connectivity index (χ3v) is 3.75. The highest BCUT2D eigenvalue weighted by atomic mass is 16.5. The molecule has 0 amide bonds. The lowest BCUT2D eigenvalue weighted by atomic mass is 10.0. The third kappa shape index (κ3) is 3.72. The van der Waals surface area contributed by atoms with Gasteiger partial charge in [0, 0.05) is 6.04 Å². The lowest BCUT2D eigenvalue weighted by molar-refractivity contribution is 0.211. The van der Waals surface area contributed by atoms with E-state index in [1.54, 1.807) is 7.11 Å². The van der Waals surface area contributed by atoms with E-state index in [-0.39, 0.29) is 0 Å². The van der Waals surface area contributed by atoms with Gasteiger partial charge >= 0.3 is 0 Å². The molecule has 0 atom stereocenters. The van der Waals surface area contributed by atoms with E-state index >= 15 is 0 Å². The van der Waals surface area contributed by atoms with Crippen LogP contribution >= 0.6 is 0 Å². The van der Waals surface area contributed by atoms with Crippen LogP contribution in [0.4, 0.5) is 0 Å². The number of methoxy groups -OCH3 is 1. The van der Waals surface area contributed by atoms with E-state index in [2.05, 4.69) is 17.0 Å². The van der Waals surface area contributed by atoms with Crippen LogP contribution in [0.15, 0.2) is 24.3 Å². The van der Waals surface area contributed by atoms with Crippen molar-refractivity contribution in [2.24, 2.45) is 5.73 Å². The predicted molar refractivity (Wildman–Crippen MR) is 75.0 cm³/mol. The fourth-order valence-electron chi connectivity index (χ4n) is 2.58. The van der Waals surface area contributed by atoms with Crippen LogP contribution < -0.4 is 10.5 Å². The topological polar surface area (TPSA) is 38.5 Å². The summed E-state index contributed by atoms with van der Waals surface area (Å²) in [6, 6.07) is 8.72. The molecule has 1 aromatic rings. The van der Waals surface area contributed by atoms with E-state index in [1.165, 1.54) is 18.5 Å². The molecular formula is C15H24N2O. The minimum Gasteiger partial charge on any atom is -0.496 e. The molecule has 0 radical (unpaired) electrons. The molecule has 2 N–H and O–H groups in total. The summed E-state index contributed by atoms with van der Waals surface area (Å²) >= 11 is 0. The molecule has 1 heterocycles. The summed E-state index contributed by atoms with van der Waals surface area (Å²) < 4.78 is 5.37. The highest BCUT2D eigenvalue weighted by molar-refractivity contribution is 5.33. The number of likely N-dealkylation sites (tertiary alicyclic amines) is 1. The highest BCUT2D eigenvalue weighted by Gasteiger charge is 2.15. The molecule has 1 aliphatic heterocycles. The fraction of sp³-hybridized carbons (Fsp3) is 0.600. The molecule has 0 bridgehead atoms. The van der Waals surface area contributed by atoms with Crippen LogP contribution in [0.25, 0.3) is 0 Å². The summed E-state index contributed by atoms with van der Waals surface area (Å²) in [5.74, 6) is 1.01. The molecule has 3 heteroatoms. The van der Waals surface area contributed by atoms with Crippen molar-refractivity contribution in [1.29, 1.82) is 0 Å². The lowest BCUT2D eigenvalue weighted by Crippen LogP contribution is -2.40. The molecular weight excluding hydrogens is 224 g/mol. The van der Waals surface area contributed by atoms with Gasteiger partial charge in [0.15, 0.2) is 0 Å². The van der Waals surface area contributed by atoms with Crippen molar-refractivity contribution in [2.45, 2.75) is 31.7 Å². The number of hydrogen-bond donors (Lipinski definition) is 1. The average molecular weight is 248 g/mol. The summed E-state index contributed by atoms with van der Waals surface area (Å²) in [6.45, 7) is 3.49. The van der Waals surface area contributed by atoms with Crippen LogP contribution in [0.5, 0.6) is 5.75 Å². The second-order valence-electron chi connectivity index (χ2n) is 5.09. The van der Waals surface area contributed by atoms with E-state index in [1.807, 2.05) is 12.1 Å². The SMILES string of the molecule is COc1ccccc1CCCN1CCC(N)CC1. The molecule has 100 valence electrons. The average Bonchev–Trinajstić information content (AvgIpc) is 2.41. The van der Waals surface area contributed by atoms with Gasteiger partial charge in [0.2, 0.25) is 0 Å². The van der Waals surface area contributed by atoms with Crippen LogP contribution in [0.1, 0.15) is 24.8 Å². The van der Waals surface area contributed by atoms with Gasteiger partial charge in [0.05, 0.1) is 7.11 Å². The van der Waals surface area contributed by atoms with Crippen LogP contribution in [-0.4, -0.2) is 37.7 Å². The molecule has 0 saturated carbocycles. The zero-order valence-electron chi connectivity index (χ0n) is 11.3. The van der Waals surface area contributed by atoms with Gasteiger partial charge in [-0.15, -0.1) is 0 Å². The van der Waals surface area contributed by atoms with Gasteiger partial charge in [-0.1, -0.05) is 18.2 Å². The number of piperidine rings is 1. The highest BCUT2D eigenvalue weighted by Crippen LogP contribution is 2.19. The fourth-order valence-corrected chi connectivity index (χ4v) is 2.58. The summed E-state index contributed by atoms with van der Waals surface area (Å²) in [4.78, 5) is 2.53. The second kappa shape index (κ2) is 6.76. The minimum atomic E-state index is 0.426. The molecule has 2 rings (SSSR count). The van der Waals surface area contributed by atoms with E-state index < -0.39 is 0 Å². The molecule has 3 nitrogen and oxygen atoms in total. The van der Waals surface area contributed by atoms with Crippen molar-refractivity contribution in [3.63, 3.8) is 0 Å². The Morgan fingerprint density at radius 2 is 2.00 bits per heavy atom. The van der Waals surface area contributed by atoms with Gasteiger partial charge in [0.25, 0.3) is 0 Å². The molecule has 0 unspecified atom stereocenters. The van der Waals surface area contributed by atoms with Gasteiger partial charge in [-0.25, -0.2) is 0 Å². The predicted octanol–water partition coefficient (Wildman–Crippen LogP) is 2.05. The van der Waals surface area contributed by atoms with Gasteiger partial charge < -0.3 is 15.4 Å². The first-order valence-electron chi connectivity index (χ1n) is 6.89. The van der Waals surface area contributed by atoms with Crippen LogP contribution in [0.2, 0.25) is 0 Å². The maximum atomic E-state index is 5.91. The number of rotatable bonds is 5. The van der Waals surface area contributed by atoms with Gasteiger partial charge in [-0.05, 0) is 56.9 Å². The number of para-hydroxylation sites is 1. The standard InChI is InChI=1S/C15H24N2O/c1-18-15-7-3-2-5-13(15)6-4-10-17-11-8-14(16)9-12-17/h2-3,5,7,14H,4,6,8-12,16H2,1H3. The lowest BCUT2D eigenvalue weighted by Gasteiger charge is -2.30. The normalized spacial score (nSPS) is 17.9. The van der Waals surface area contributed by atoms with Gasteiger partial charge in [0.1, 0.15) is 5.75 Å².